The minimum absolute atomic E-state index is 0.0898. The Balaban J connectivity index is 1.88. The van der Waals surface area contributed by atoms with Crippen LogP contribution in [-0.4, -0.2) is 54.2 Å². The molecule has 0 radical (unpaired) electrons. The first kappa shape index (κ1) is 19.2. The highest BCUT2D eigenvalue weighted by atomic mass is 16.5. The van der Waals surface area contributed by atoms with Gasteiger partial charge in [0, 0.05) is 20.0 Å². The van der Waals surface area contributed by atoms with E-state index in [1.807, 2.05) is 19.1 Å². The molecule has 1 saturated heterocycles. The highest BCUT2D eigenvalue weighted by molar-refractivity contribution is 5.80. The molecule has 0 saturated carbocycles. The molecule has 1 heterocycles. The van der Waals surface area contributed by atoms with Crippen LogP contribution in [0.1, 0.15) is 37.3 Å². The van der Waals surface area contributed by atoms with Crippen molar-refractivity contribution in [3.63, 3.8) is 0 Å². The van der Waals surface area contributed by atoms with Crippen molar-refractivity contribution in [3.8, 4) is 5.75 Å². The fourth-order valence-electron chi connectivity index (χ4n) is 3.64. The van der Waals surface area contributed by atoms with Crippen molar-refractivity contribution in [2.45, 2.75) is 45.1 Å². The van der Waals surface area contributed by atoms with E-state index in [1.165, 1.54) is 6.92 Å². The minimum Gasteiger partial charge on any atom is -0.496 e. The summed E-state index contributed by atoms with van der Waals surface area (Å²) in [6.45, 7) is 4.42. The number of hydrogen-bond acceptors (Lipinski definition) is 4. The molecule has 6 nitrogen and oxygen atoms in total. The van der Waals surface area contributed by atoms with Crippen LogP contribution in [-0.2, 0) is 16.0 Å². The maximum absolute atomic E-state index is 12.3. The Bertz CT molecular complexity index is 632. The molecule has 2 amide bonds. The topological polar surface area (TPSA) is 78.9 Å². The molecule has 1 atom stereocenters. The highest BCUT2D eigenvalue weighted by Crippen LogP contribution is 2.32. The molecule has 1 aliphatic rings. The Morgan fingerprint density at radius 2 is 2.16 bits per heavy atom. The Hall–Kier alpha value is -2.08. The lowest BCUT2D eigenvalue weighted by molar-refractivity contribution is -0.137. The fraction of sp³-hybridized carbons (Fsp3) is 0.579. The van der Waals surface area contributed by atoms with Crippen LogP contribution in [0.2, 0.25) is 0 Å². The average Bonchev–Trinajstić information content (AvgIpc) is 2.99. The van der Waals surface area contributed by atoms with Crippen LogP contribution < -0.4 is 10.1 Å². The Labute approximate surface area is 149 Å². The van der Waals surface area contributed by atoms with Crippen LogP contribution in [0.5, 0.6) is 5.75 Å². The zero-order valence-corrected chi connectivity index (χ0v) is 15.3. The molecule has 1 aromatic rings. The molecular formula is C19H28N2O4. The fourth-order valence-corrected chi connectivity index (χ4v) is 3.64. The summed E-state index contributed by atoms with van der Waals surface area (Å²) in [7, 11) is 1.65. The van der Waals surface area contributed by atoms with Crippen molar-refractivity contribution in [1.29, 1.82) is 0 Å². The third-order valence-corrected chi connectivity index (χ3v) is 4.96. The number of benzene rings is 1. The Morgan fingerprint density at radius 3 is 2.76 bits per heavy atom. The van der Waals surface area contributed by atoms with Crippen LogP contribution in [0.25, 0.3) is 0 Å². The molecule has 2 rings (SSSR count). The van der Waals surface area contributed by atoms with Crippen molar-refractivity contribution in [3.05, 3.63) is 29.3 Å². The van der Waals surface area contributed by atoms with Crippen molar-refractivity contribution in [2.24, 2.45) is 0 Å². The normalized spacial score (nSPS) is 19.8. The second kappa shape index (κ2) is 8.34. The minimum atomic E-state index is -0.743. The molecule has 1 fully saturated rings. The molecule has 2 N–H and O–H groups in total. The molecule has 1 aromatic carbocycles. The molecular weight excluding hydrogens is 320 g/mol. The largest absolute Gasteiger partial charge is 0.496 e. The van der Waals surface area contributed by atoms with E-state index < -0.39 is 5.54 Å². The standard InChI is InChI=1S/C19H28N2O4/c1-14-11-16(5-6-17(14)25-3)7-9-20-18(24)12-19(13-22)8-4-10-21(19)15(2)23/h5-6,11,22H,4,7-10,12-13H2,1-3H3,(H,20,24)/t19-/m1/s1. The van der Waals surface area contributed by atoms with E-state index in [0.717, 1.165) is 29.7 Å². The molecule has 0 spiro atoms. The van der Waals surface area contributed by atoms with Crippen LogP contribution in [0.4, 0.5) is 0 Å². The van der Waals surface area contributed by atoms with Crippen LogP contribution in [0, 0.1) is 6.92 Å². The quantitative estimate of drug-likeness (QED) is 0.781. The van der Waals surface area contributed by atoms with E-state index in [0.29, 0.717) is 19.5 Å². The zero-order chi connectivity index (χ0) is 18.4. The molecule has 0 aromatic heterocycles. The van der Waals surface area contributed by atoms with Gasteiger partial charge in [-0.25, -0.2) is 0 Å². The number of methoxy groups -OCH3 is 1. The predicted octanol–water partition coefficient (Wildman–Crippen LogP) is 1.43. The van der Waals surface area contributed by atoms with Gasteiger partial charge in [-0.3, -0.25) is 9.59 Å². The molecule has 0 aliphatic carbocycles. The first-order chi connectivity index (χ1) is 11.9. The van der Waals surface area contributed by atoms with Gasteiger partial charge in [0.1, 0.15) is 5.75 Å². The summed E-state index contributed by atoms with van der Waals surface area (Å²) in [5.74, 6) is 0.628. The number of rotatable bonds is 7. The van der Waals surface area contributed by atoms with Gasteiger partial charge in [0.2, 0.25) is 11.8 Å². The second-order valence-corrected chi connectivity index (χ2v) is 6.74. The molecule has 138 valence electrons. The van der Waals surface area contributed by atoms with Crippen molar-refractivity contribution in [1.82, 2.24) is 10.2 Å². The number of carbonyl (C=O) groups excluding carboxylic acids is 2. The summed E-state index contributed by atoms with van der Waals surface area (Å²) in [4.78, 5) is 25.7. The van der Waals surface area contributed by atoms with Gasteiger partial charge in [0.05, 0.1) is 25.7 Å². The maximum atomic E-state index is 12.3. The number of ether oxygens (including phenoxy) is 1. The molecule has 1 aliphatic heterocycles. The lowest BCUT2D eigenvalue weighted by atomic mass is 9.92. The number of amides is 2. The summed E-state index contributed by atoms with van der Waals surface area (Å²) in [5.41, 5.74) is 1.45. The van der Waals surface area contributed by atoms with Gasteiger partial charge in [-0.2, -0.15) is 0 Å². The lowest BCUT2D eigenvalue weighted by Gasteiger charge is -2.36. The number of aliphatic hydroxyl groups excluding tert-OH is 1. The number of nitrogens with one attached hydrogen (secondary N) is 1. The molecule has 0 bridgehead atoms. The van der Waals surface area contributed by atoms with Crippen LogP contribution in [0.3, 0.4) is 0 Å². The van der Waals surface area contributed by atoms with Gasteiger partial charge in [-0.05, 0) is 43.4 Å². The number of aliphatic hydroxyl groups is 1. The van der Waals surface area contributed by atoms with Crippen LogP contribution >= 0.6 is 0 Å². The highest BCUT2D eigenvalue weighted by Gasteiger charge is 2.43. The monoisotopic (exact) mass is 348 g/mol. The van der Waals surface area contributed by atoms with Crippen molar-refractivity contribution in [2.75, 3.05) is 26.8 Å². The van der Waals surface area contributed by atoms with Gasteiger partial charge >= 0.3 is 0 Å². The number of nitrogens with zero attached hydrogens (tertiary/aromatic N) is 1. The van der Waals surface area contributed by atoms with Gasteiger partial charge in [-0.1, -0.05) is 12.1 Å². The number of carbonyl (C=O) groups is 2. The Morgan fingerprint density at radius 1 is 1.40 bits per heavy atom. The third kappa shape index (κ3) is 4.51. The van der Waals surface area contributed by atoms with E-state index in [-0.39, 0.29) is 24.8 Å². The van der Waals surface area contributed by atoms with E-state index in [4.69, 9.17) is 4.74 Å². The molecule has 6 heteroatoms. The number of hydrogen-bond donors (Lipinski definition) is 2. The number of likely N-dealkylation sites (tertiary alicyclic amines) is 1. The van der Waals surface area contributed by atoms with Crippen molar-refractivity contribution >= 4 is 11.8 Å². The third-order valence-electron chi connectivity index (χ3n) is 4.96. The van der Waals surface area contributed by atoms with Crippen molar-refractivity contribution < 1.29 is 19.4 Å². The molecule has 0 unspecified atom stereocenters. The average molecular weight is 348 g/mol. The van der Waals surface area contributed by atoms with E-state index in [9.17, 15) is 14.7 Å². The predicted molar refractivity (Wildman–Crippen MR) is 95.5 cm³/mol. The smallest absolute Gasteiger partial charge is 0.222 e. The first-order valence-electron chi connectivity index (χ1n) is 8.71. The first-order valence-corrected chi connectivity index (χ1v) is 8.71. The van der Waals surface area contributed by atoms with Gasteiger partial charge in [0.25, 0.3) is 0 Å². The summed E-state index contributed by atoms with van der Waals surface area (Å²) in [6, 6.07) is 5.97. The Kier molecular flexibility index (Phi) is 6.42. The SMILES string of the molecule is COc1ccc(CCNC(=O)C[C@@]2(CO)CCCN2C(C)=O)cc1C. The summed E-state index contributed by atoms with van der Waals surface area (Å²) in [6.07, 6.45) is 2.34. The van der Waals surface area contributed by atoms with Gasteiger partial charge < -0.3 is 20.1 Å². The van der Waals surface area contributed by atoms with E-state index in [1.54, 1.807) is 12.0 Å². The number of aryl methyl sites for hydroxylation is 1. The second-order valence-electron chi connectivity index (χ2n) is 6.74. The maximum Gasteiger partial charge on any atom is 0.222 e. The van der Waals surface area contributed by atoms with Gasteiger partial charge in [0.15, 0.2) is 0 Å². The lowest BCUT2D eigenvalue weighted by Crippen LogP contribution is -2.52. The van der Waals surface area contributed by atoms with Crippen LogP contribution in [0.15, 0.2) is 18.2 Å². The summed E-state index contributed by atoms with van der Waals surface area (Å²) < 4.78 is 5.24. The summed E-state index contributed by atoms with van der Waals surface area (Å²) >= 11 is 0. The van der Waals surface area contributed by atoms with Gasteiger partial charge in [-0.15, -0.1) is 0 Å². The zero-order valence-electron chi connectivity index (χ0n) is 15.3. The molecule has 25 heavy (non-hydrogen) atoms. The van der Waals surface area contributed by atoms with E-state index in [2.05, 4.69) is 11.4 Å². The van der Waals surface area contributed by atoms with E-state index >= 15 is 0 Å². The summed E-state index contributed by atoms with van der Waals surface area (Å²) in [5, 5.41) is 12.7.